The molecule has 0 aliphatic carbocycles. The molecule has 0 saturated carbocycles. The fourth-order valence-electron chi connectivity index (χ4n) is 0.922. The summed E-state index contributed by atoms with van der Waals surface area (Å²) >= 11 is 0. The lowest BCUT2D eigenvalue weighted by atomic mass is 10.1. The van der Waals surface area contributed by atoms with E-state index in [-0.39, 0.29) is 12.0 Å². The molecule has 1 rings (SSSR count). The first-order chi connectivity index (χ1) is 5.63. The van der Waals surface area contributed by atoms with Gasteiger partial charge in [-0.25, -0.2) is 0 Å². The lowest BCUT2D eigenvalue weighted by Crippen LogP contribution is -2.24. The van der Waals surface area contributed by atoms with Crippen molar-refractivity contribution >= 4 is 11.8 Å². The summed E-state index contributed by atoms with van der Waals surface area (Å²) in [5.41, 5.74) is 0.210. The summed E-state index contributed by atoms with van der Waals surface area (Å²) < 4.78 is 0. The Morgan fingerprint density at radius 2 is 2.17 bits per heavy atom. The summed E-state index contributed by atoms with van der Waals surface area (Å²) in [6, 6.07) is 0. The number of carbonyl (C=O) groups is 2. The normalized spacial score (nSPS) is 19.0. The second-order valence-electron chi connectivity index (χ2n) is 2.53. The van der Waals surface area contributed by atoms with Crippen LogP contribution in [0, 0.1) is 0 Å². The number of nitrogens with one attached hydrogen (secondary N) is 1. The maximum Gasteiger partial charge on any atom is 0.254 e. The van der Waals surface area contributed by atoms with Crippen LogP contribution in [0.1, 0.15) is 6.42 Å². The minimum Gasteiger partial charge on any atom is -0.394 e. The highest BCUT2D eigenvalue weighted by Gasteiger charge is 2.22. The molecule has 0 fully saturated rings. The summed E-state index contributed by atoms with van der Waals surface area (Å²) in [4.78, 5) is 21.4. The van der Waals surface area contributed by atoms with Crippen LogP contribution in [0.4, 0.5) is 0 Å². The number of carbonyl (C=O) groups excluding carboxylic acids is 2. The number of rotatable bonds is 3. The minimum atomic E-state index is -0.979. The van der Waals surface area contributed by atoms with E-state index in [2.05, 4.69) is 0 Å². The van der Waals surface area contributed by atoms with E-state index < -0.39 is 24.5 Å². The predicted octanol–water partition coefficient (Wildman–Crippen LogP) is -1.69. The van der Waals surface area contributed by atoms with Crippen LogP contribution in [0.25, 0.3) is 0 Å². The molecular weight excluding hydrogens is 162 g/mol. The molecule has 0 aromatic rings. The predicted molar refractivity (Wildman–Crippen MR) is 38.9 cm³/mol. The number of aliphatic hydroxyl groups excluding tert-OH is 2. The number of aliphatic hydroxyl groups is 2. The molecule has 1 heterocycles. The summed E-state index contributed by atoms with van der Waals surface area (Å²) in [5, 5.41) is 19.4. The lowest BCUT2D eigenvalue weighted by molar-refractivity contribution is -0.124. The largest absolute Gasteiger partial charge is 0.394 e. The number of imide groups is 1. The molecule has 0 aromatic heterocycles. The van der Waals surface area contributed by atoms with Gasteiger partial charge in [0.25, 0.3) is 11.8 Å². The molecular formula is C7H9NO4. The highest BCUT2D eigenvalue weighted by Crippen LogP contribution is 2.09. The highest BCUT2D eigenvalue weighted by atomic mass is 16.3. The maximum absolute atomic E-state index is 10.8. The molecule has 1 atom stereocenters. The van der Waals surface area contributed by atoms with E-state index in [1.807, 2.05) is 5.32 Å². The standard InChI is InChI=1S/C7H9NO4/c9-3-5(10)1-4-2-6(11)8-7(4)12/h2,5,9-10H,1,3H2,(H,8,11,12). The third kappa shape index (κ3) is 1.90. The van der Waals surface area contributed by atoms with Crippen molar-refractivity contribution in [3.63, 3.8) is 0 Å². The molecule has 5 heteroatoms. The van der Waals surface area contributed by atoms with E-state index in [1.165, 1.54) is 0 Å². The monoisotopic (exact) mass is 171 g/mol. The van der Waals surface area contributed by atoms with Gasteiger partial charge < -0.3 is 10.2 Å². The Hall–Kier alpha value is -1.20. The van der Waals surface area contributed by atoms with Gasteiger partial charge in [-0.2, -0.15) is 0 Å². The number of hydrogen-bond donors (Lipinski definition) is 3. The van der Waals surface area contributed by atoms with Gasteiger partial charge in [0.1, 0.15) is 0 Å². The second-order valence-corrected chi connectivity index (χ2v) is 2.53. The second kappa shape index (κ2) is 3.46. The fraction of sp³-hybridized carbons (Fsp3) is 0.429. The van der Waals surface area contributed by atoms with Gasteiger partial charge in [-0.3, -0.25) is 14.9 Å². The average Bonchev–Trinajstić information content (AvgIpc) is 2.30. The Morgan fingerprint density at radius 1 is 1.50 bits per heavy atom. The van der Waals surface area contributed by atoms with E-state index in [9.17, 15) is 9.59 Å². The summed E-state index contributed by atoms with van der Waals surface area (Å²) in [7, 11) is 0. The van der Waals surface area contributed by atoms with Crippen molar-refractivity contribution in [2.45, 2.75) is 12.5 Å². The molecule has 1 aliphatic heterocycles. The molecule has 0 radical (unpaired) electrons. The van der Waals surface area contributed by atoms with Gasteiger partial charge in [0.15, 0.2) is 0 Å². The molecule has 0 spiro atoms. The molecule has 12 heavy (non-hydrogen) atoms. The van der Waals surface area contributed by atoms with Crippen molar-refractivity contribution in [2.75, 3.05) is 6.61 Å². The Morgan fingerprint density at radius 3 is 2.58 bits per heavy atom. The lowest BCUT2D eigenvalue weighted by Gasteiger charge is -2.04. The Labute approximate surface area is 68.7 Å². The summed E-state index contributed by atoms with van der Waals surface area (Å²) in [5.74, 6) is -0.965. The molecule has 0 saturated heterocycles. The fourth-order valence-corrected chi connectivity index (χ4v) is 0.922. The Bertz CT molecular complexity index is 246. The third-order valence-electron chi connectivity index (χ3n) is 1.50. The van der Waals surface area contributed by atoms with E-state index in [0.29, 0.717) is 0 Å². The van der Waals surface area contributed by atoms with Crippen molar-refractivity contribution in [1.29, 1.82) is 0 Å². The molecule has 2 amide bonds. The number of hydrogen-bond acceptors (Lipinski definition) is 4. The first-order valence-electron chi connectivity index (χ1n) is 3.48. The molecule has 5 nitrogen and oxygen atoms in total. The molecule has 0 bridgehead atoms. The van der Waals surface area contributed by atoms with Crippen LogP contribution in [0.5, 0.6) is 0 Å². The van der Waals surface area contributed by atoms with Crippen LogP contribution < -0.4 is 5.32 Å². The summed E-state index contributed by atoms with van der Waals surface area (Å²) in [6.45, 7) is -0.418. The van der Waals surface area contributed by atoms with E-state index in [0.717, 1.165) is 6.08 Å². The Kier molecular flexibility index (Phi) is 2.57. The summed E-state index contributed by atoms with van der Waals surface area (Å²) in [6.07, 6.45) is 0.155. The van der Waals surface area contributed by atoms with Gasteiger partial charge in [-0.1, -0.05) is 0 Å². The SMILES string of the molecule is O=C1C=C(CC(O)CO)C(=O)N1. The minimum absolute atomic E-state index is 0.00801. The maximum atomic E-state index is 10.8. The van der Waals surface area contributed by atoms with Gasteiger partial charge in [-0.15, -0.1) is 0 Å². The van der Waals surface area contributed by atoms with Crippen LogP contribution in [0.2, 0.25) is 0 Å². The quantitative estimate of drug-likeness (QED) is 0.442. The van der Waals surface area contributed by atoms with Gasteiger partial charge in [0.2, 0.25) is 0 Å². The van der Waals surface area contributed by atoms with Gasteiger partial charge in [0, 0.05) is 18.1 Å². The molecule has 3 N–H and O–H groups in total. The van der Waals surface area contributed by atoms with Crippen molar-refractivity contribution in [2.24, 2.45) is 0 Å². The third-order valence-corrected chi connectivity index (χ3v) is 1.50. The first-order valence-corrected chi connectivity index (χ1v) is 3.48. The molecule has 1 aliphatic rings. The molecule has 0 aromatic carbocycles. The highest BCUT2D eigenvalue weighted by molar-refractivity contribution is 6.16. The number of amides is 2. The zero-order valence-corrected chi connectivity index (χ0v) is 6.28. The van der Waals surface area contributed by atoms with E-state index in [1.54, 1.807) is 0 Å². The Balaban J connectivity index is 2.58. The van der Waals surface area contributed by atoms with Crippen LogP contribution in [0.15, 0.2) is 11.6 Å². The van der Waals surface area contributed by atoms with Gasteiger partial charge in [-0.05, 0) is 0 Å². The van der Waals surface area contributed by atoms with E-state index in [4.69, 9.17) is 10.2 Å². The molecule has 1 unspecified atom stereocenters. The van der Waals surface area contributed by atoms with Crippen molar-refractivity contribution in [3.8, 4) is 0 Å². The van der Waals surface area contributed by atoms with Gasteiger partial charge in [0.05, 0.1) is 12.7 Å². The smallest absolute Gasteiger partial charge is 0.254 e. The van der Waals surface area contributed by atoms with Crippen LogP contribution >= 0.6 is 0 Å². The zero-order chi connectivity index (χ0) is 9.14. The van der Waals surface area contributed by atoms with Gasteiger partial charge >= 0.3 is 0 Å². The van der Waals surface area contributed by atoms with Crippen molar-refractivity contribution < 1.29 is 19.8 Å². The van der Waals surface area contributed by atoms with Crippen LogP contribution in [-0.2, 0) is 9.59 Å². The van der Waals surface area contributed by atoms with Crippen LogP contribution in [-0.4, -0.2) is 34.7 Å². The zero-order valence-electron chi connectivity index (χ0n) is 6.28. The first kappa shape index (κ1) is 8.89. The molecule has 66 valence electrons. The van der Waals surface area contributed by atoms with E-state index >= 15 is 0 Å². The topological polar surface area (TPSA) is 86.6 Å². The van der Waals surface area contributed by atoms with Crippen molar-refractivity contribution in [1.82, 2.24) is 5.32 Å². The van der Waals surface area contributed by atoms with Crippen molar-refractivity contribution in [3.05, 3.63) is 11.6 Å². The van der Waals surface area contributed by atoms with Crippen LogP contribution in [0.3, 0.4) is 0 Å². The average molecular weight is 171 g/mol.